The van der Waals surface area contributed by atoms with Crippen LogP contribution < -0.4 is 15.3 Å². The van der Waals surface area contributed by atoms with Gasteiger partial charge in [0.15, 0.2) is 0 Å². The van der Waals surface area contributed by atoms with Crippen LogP contribution in [-0.2, 0) is 15.3 Å². The summed E-state index contributed by atoms with van der Waals surface area (Å²) in [5.41, 5.74) is 0.660. The van der Waals surface area contributed by atoms with E-state index in [2.05, 4.69) is 39.1 Å². The fourth-order valence-corrected chi connectivity index (χ4v) is 5.56. The van der Waals surface area contributed by atoms with Crippen LogP contribution in [0.5, 0.6) is 0 Å². The van der Waals surface area contributed by atoms with Crippen molar-refractivity contribution in [1.82, 2.24) is 0 Å². The van der Waals surface area contributed by atoms with Crippen molar-refractivity contribution in [3.63, 3.8) is 0 Å². The third kappa shape index (κ3) is 13.2. The summed E-state index contributed by atoms with van der Waals surface area (Å²) in [6.07, 6.45) is 7.99. The van der Waals surface area contributed by atoms with Crippen molar-refractivity contribution < 1.29 is 45.0 Å². The summed E-state index contributed by atoms with van der Waals surface area (Å²) in [5.74, 6) is -3.39. The minimum atomic E-state index is -2.02. The van der Waals surface area contributed by atoms with Gasteiger partial charge >= 0.3 is 64.7 Å². The Morgan fingerprint density at radius 2 is 0.865 bits per heavy atom. The monoisotopic (exact) mass is 536 g/mol. The first-order chi connectivity index (χ1) is 17.3. The molecule has 0 radical (unpaired) electrons. The second-order valence-corrected chi connectivity index (χ2v) is 23.8. The summed E-state index contributed by atoms with van der Waals surface area (Å²) >= 11 is -2.02. The molecule has 192 valence electrons. The van der Waals surface area contributed by atoms with E-state index < -0.39 is 33.2 Å². The third-order valence-corrected chi connectivity index (χ3v) is 9.67. The summed E-state index contributed by atoms with van der Waals surface area (Å²) in [7, 11) is 0. The van der Waals surface area contributed by atoms with Crippen LogP contribution in [0.2, 0.25) is 20.9 Å². The van der Waals surface area contributed by atoms with Gasteiger partial charge in [-0.1, -0.05) is 91.0 Å². The van der Waals surface area contributed by atoms with Gasteiger partial charge in [0.05, 0.1) is 17.9 Å². The zero-order valence-electron chi connectivity index (χ0n) is 21.5. The molecular formula is C30H32O6Ti. The predicted octanol–water partition coefficient (Wildman–Crippen LogP) is 3.86. The van der Waals surface area contributed by atoms with Gasteiger partial charge in [0.25, 0.3) is 0 Å². The van der Waals surface area contributed by atoms with Gasteiger partial charge in [-0.2, -0.15) is 0 Å². The van der Waals surface area contributed by atoms with Gasteiger partial charge in [0, 0.05) is 0 Å². The van der Waals surface area contributed by atoms with E-state index in [1.165, 1.54) is 42.8 Å². The fraction of sp³-hybridized carbons (Fsp3) is 0.167. The fourth-order valence-electron chi connectivity index (χ4n) is 2.91. The molecule has 0 bridgehead atoms. The van der Waals surface area contributed by atoms with Gasteiger partial charge in [0.2, 0.25) is 0 Å². The molecule has 0 heterocycles. The SMILES string of the molecule is O=C([O-])c1ccccc1.O=C([O-])c1ccccc1.O=C([O-])c1ccccc1.[CH3][Ti+3]([CH3])([CH3])([CH3])[C]1=CC=CC1. The number of benzene rings is 3. The molecule has 4 rings (SSSR count). The van der Waals surface area contributed by atoms with Crippen molar-refractivity contribution >= 4 is 17.9 Å². The molecule has 37 heavy (non-hydrogen) atoms. The molecule has 0 fully saturated rings. The van der Waals surface area contributed by atoms with Crippen LogP contribution >= 0.6 is 0 Å². The van der Waals surface area contributed by atoms with Crippen molar-refractivity contribution in [3.8, 4) is 0 Å². The summed E-state index contributed by atoms with van der Waals surface area (Å²) in [6.45, 7) is 0. The van der Waals surface area contributed by atoms with Crippen molar-refractivity contribution in [2.75, 3.05) is 0 Å². The van der Waals surface area contributed by atoms with E-state index in [9.17, 15) is 29.7 Å². The van der Waals surface area contributed by atoms with E-state index in [-0.39, 0.29) is 16.7 Å². The molecule has 0 atom stereocenters. The third-order valence-electron chi connectivity index (χ3n) is 5.08. The number of aromatic carboxylic acids is 3. The molecule has 6 nitrogen and oxygen atoms in total. The van der Waals surface area contributed by atoms with Gasteiger partial charge in [-0.05, 0) is 16.7 Å². The Bertz CT molecular complexity index is 1080. The molecule has 0 saturated carbocycles. The molecule has 1 aliphatic carbocycles. The first-order valence-electron chi connectivity index (χ1n) is 11.7. The number of carboxylic acids is 3. The van der Waals surface area contributed by atoms with E-state index in [0.29, 0.717) is 0 Å². The maximum absolute atomic E-state index is 10.1. The van der Waals surface area contributed by atoms with Crippen LogP contribution in [0.4, 0.5) is 0 Å². The Morgan fingerprint density at radius 3 is 1.00 bits per heavy atom. The van der Waals surface area contributed by atoms with Gasteiger partial charge in [-0.25, -0.2) is 0 Å². The summed E-state index contributed by atoms with van der Waals surface area (Å²) in [5, 5.41) is 40.1. The minimum absolute atomic E-state index is 0.220. The quantitative estimate of drug-likeness (QED) is 0.467. The first-order valence-corrected chi connectivity index (χ1v) is 18.7. The Morgan fingerprint density at radius 1 is 0.568 bits per heavy atom. The average Bonchev–Trinajstić information content (AvgIpc) is 3.43. The second kappa shape index (κ2) is 14.7. The molecule has 7 heteroatoms. The molecule has 0 N–H and O–H groups in total. The van der Waals surface area contributed by atoms with Crippen LogP contribution in [0, 0.1) is 0 Å². The standard InChI is InChI=1S/3C7H6O2.C5H5.4CH3.Ti/c3*8-7(9)6-4-2-1-3-5-6;1-2-4-5-3-1;;;;;/h3*1-5H,(H,8,9);1-3H,4H2;4*1H3;/q;;;;;;;;+3/p-3. The molecule has 0 spiro atoms. The van der Waals surface area contributed by atoms with Crippen molar-refractivity contribution in [1.29, 1.82) is 0 Å². The molecule has 0 aliphatic heterocycles. The molecule has 3 aromatic rings. The number of carbonyl (C=O) groups excluding carboxylic acids is 3. The van der Waals surface area contributed by atoms with Crippen LogP contribution in [0.15, 0.2) is 113 Å². The molecule has 0 saturated heterocycles. The van der Waals surface area contributed by atoms with E-state index >= 15 is 0 Å². The Labute approximate surface area is 219 Å². The number of carboxylic acid groups (broad SMARTS) is 3. The Hall–Kier alpha value is -3.74. The molecule has 0 aromatic heterocycles. The van der Waals surface area contributed by atoms with Crippen molar-refractivity contribution in [2.45, 2.75) is 27.3 Å². The average molecular weight is 536 g/mol. The summed E-state index contributed by atoms with van der Waals surface area (Å²) < 4.78 is 1.72. The van der Waals surface area contributed by atoms with Crippen molar-refractivity contribution in [3.05, 3.63) is 130 Å². The van der Waals surface area contributed by atoms with Crippen LogP contribution in [0.25, 0.3) is 0 Å². The molecule has 3 aromatic carbocycles. The number of rotatable bonds is 4. The second-order valence-electron chi connectivity index (χ2n) is 10.3. The van der Waals surface area contributed by atoms with Crippen LogP contribution in [-0.4, -0.2) is 17.9 Å². The predicted molar refractivity (Wildman–Crippen MR) is 138 cm³/mol. The molecular weight excluding hydrogens is 504 g/mol. The van der Waals surface area contributed by atoms with Gasteiger partial charge in [0.1, 0.15) is 0 Å². The maximum atomic E-state index is 10.1. The van der Waals surface area contributed by atoms with Crippen molar-refractivity contribution in [2.24, 2.45) is 0 Å². The normalized spacial score (nSPS) is 11.1. The topological polar surface area (TPSA) is 120 Å². The van der Waals surface area contributed by atoms with E-state index in [1.807, 2.05) is 0 Å². The molecule has 0 amide bonds. The first kappa shape index (κ1) is 31.3. The van der Waals surface area contributed by atoms with Gasteiger partial charge in [-0.3, -0.25) is 0 Å². The number of hydrogen-bond acceptors (Lipinski definition) is 6. The summed E-state index contributed by atoms with van der Waals surface area (Å²) in [6, 6.07) is 24.2. The zero-order valence-corrected chi connectivity index (χ0v) is 23.1. The Balaban J connectivity index is 0.000000247. The molecule has 1 aliphatic rings. The Kier molecular flexibility index (Phi) is 12.5. The number of allylic oxidation sites excluding steroid dienone is 4. The van der Waals surface area contributed by atoms with Gasteiger partial charge in [-0.15, -0.1) is 0 Å². The molecule has 0 unspecified atom stereocenters. The van der Waals surface area contributed by atoms with E-state index in [0.717, 1.165) is 0 Å². The van der Waals surface area contributed by atoms with E-state index in [4.69, 9.17) is 0 Å². The summed E-state index contributed by atoms with van der Waals surface area (Å²) in [4.78, 5) is 30.3. The zero-order chi connectivity index (χ0) is 27.9. The van der Waals surface area contributed by atoms with Crippen LogP contribution in [0.1, 0.15) is 37.5 Å². The van der Waals surface area contributed by atoms with Crippen LogP contribution in [0.3, 0.4) is 0 Å². The van der Waals surface area contributed by atoms with E-state index in [1.54, 1.807) is 58.5 Å². The number of hydrogen-bond donors (Lipinski definition) is 0. The van der Waals surface area contributed by atoms with Gasteiger partial charge < -0.3 is 29.7 Å². The number of carbonyl (C=O) groups is 3.